The molecule has 3 N–H and O–H groups in total. The summed E-state index contributed by atoms with van der Waals surface area (Å²) in [6.45, 7) is 0.236. The minimum Gasteiger partial charge on any atom is -0.465 e. The van der Waals surface area contributed by atoms with E-state index < -0.39 is 24.0 Å². The third-order valence-corrected chi connectivity index (χ3v) is 4.62. The first-order valence-electron chi connectivity index (χ1n) is 8.61. The third kappa shape index (κ3) is 4.41. The summed E-state index contributed by atoms with van der Waals surface area (Å²) in [5.74, 6) is -1.16. The van der Waals surface area contributed by atoms with Crippen molar-refractivity contribution in [3.8, 4) is 0 Å². The highest BCUT2D eigenvalue weighted by molar-refractivity contribution is 5.95. The minimum atomic E-state index is -1.03. The van der Waals surface area contributed by atoms with Gasteiger partial charge in [0.05, 0.1) is 6.04 Å². The smallest absolute Gasteiger partial charge is 0.407 e. The zero-order chi connectivity index (χ0) is 19.2. The number of amides is 3. The molecular weight excluding hydrogens is 348 g/mol. The molecule has 2 aromatic rings. The van der Waals surface area contributed by atoms with Crippen LogP contribution in [0, 0.1) is 5.92 Å². The number of likely N-dealkylation sites (tertiary alicyclic amines) is 1. The SMILES string of the molecule is O=C(NNC(=O)[C@H]1CCN(C(=O)O)[C@@H](c2cccnc2)C1)c1ccccc1. The zero-order valence-corrected chi connectivity index (χ0v) is 14.5. The predicted octanol–water partition coefficient (Wildman–Crippen LogP) is 1.97. The molecule has 1 fully saturated rings. The molecule has 2 heterocycles. The van der Waals surface area contributed by atoms with Crippen LogP contribution in [0.2, 0.25) is 0 Å². The molecule has 1 aliphatic rings. The van der Waals surface area contributed by atoms with E-state index in [2.05, 4.69) is 15.8 Å². The maximum Gasteiger partial charge on any atom is 0.407 e. The van der Waals surface area contributed by atoms with Crippen molar-refractivity contribution < 1.29 is 19.5 Å². The van der Waals surface area contributed by atoms with Crippen LogP contribution in [0.4, 0.5) is 4.79 Å². The fraction of sp³-hybridized carbons (Fsp3) is 0.263. The molecule has 140 valence electrons. The van der Waals surface area contributed by atoms with Crippen molar-refractivity contribution in [3.63, 3.8) is 0 Å². The van der Waals surface area contributed by atoms with Crippen molar-refractivity contribution in [3.05, 3.63) is 66.0 Å². The molecule has 0 radical (unpaired) electrons. The lowest BCUT2D eigenvalue weighted by Crippen LogP contribution is -2.48. The van der Waals surface area contributed by atoms with E-state index in [0.29, 0.717) is 18.4 Å². The largest absolute Gasteiger partial charge is 0.465 e. The van der Waals surface area contributed by atoms with Gasteiger partial charge in [-0.25, -0.2) is 4.79 Å². The Morgan fingerprint density at radius 1 is 1.07 bits per heavy atom. The molecule has 1 aromatic heterocycles. The fourth-order valence-electron chi connectivity index (χ4n) is 3.20. The second kappa shape index (κ2) is 8.31. The molecule has 1 aromatic carbocycles. The number of carbonyl (C=O) groups is 3. The van der Waals surface area contributed by atoms with E-state index in [1.165, 1.54) is 4.90 Å². The summed E-state index contributed by atoms with van der Waals surface area (Å²) in [4.78, 5) is 41.4. The number of hydrazine groups is 1. The van der Waals surface area contributed by atoms with Gasteiger partial charge in [-0.3, -0.25) is 25.4 Å². The monoisotopic (exact) mass is 368 g/mol. The Labute approximate surface area is 156 Å². The lowest BCUT2D eigenvalue weighted by atomic mass is 9.87. The molecule has 0 spiro atoms. The Hall–Kier alpha value is -3.42. The van der Waals surface area contributed by atoms with Gasteiger partial charge in [-0.05, 0) is 36.6 Å². The average molecular weight is 368 g/mol. The first-order valence-corrected chi connectivity index (χ1v) is 8.61. The second-order valence-corrected chi connectivity index (χ2v) is 6.31. The van der Waals surface area contributed by atoms with Crippen LogP contribution in [0.25, 0.3) is 0 Å². The quantitative estimate of drug-likeness (QED) is 0.717. The normalized spacial score (nSPS) is 19.2. The van der Waals surface area contributed by atoms with Crippen molar-refractivity contribution in [1.29, 1.82) is 0 Å². The number of nitrogens with zero attached hydrogens (tertiary/aromatic N) is 2. The van der Waals surface area contributed by atoms with Gasteiger partial charge in [0.1, 0.15) is 0 Å². The number of piperidine rings is 1. The molecule has 3 rings (SSSR count). The maximum absolute atomic E-state index is 12.5. The van der Waals surface area contributed by atoms with Gasteiger partial charge in [0.2, 0.25) is 5.91 Å². The van der Waals surface area contributed by atoms with Crippen LogP contribution in [0.1, 0.15) is 34.8 Å². The van der Waals surface area contributed by atoms with Gasteiger partial charge < -0.3 is 10.0 Å². The van der Waals surface area contributed by atoms with Crippen molar-refractivity contribution in [1.82, 2.24) is 20.7 Å². The number of benzene rings is 1. The van der Waals surface area contributed by atoms with Crippen LogP contribution in [-0.4, -0.2) is 39.4 Å². The van der Waals surface area contributed by atoms with E-state index in [4.69, 9.17) is 0 Å². The molecule has 0 saturated carbocycles. The van der Waals surface area contributed by atoms with Crippen molar-refractivity contribution >= 4 is 17.9 Å². The van der Waals surface area contributed by atoms with Crippen molar-refractivity contribution in [2.75, 3.05) is 6.54 Å². The maximum atomic E-state index is 12.5. The standard InChI is InChI=1S/C19H20N4O4/c24-17(13-5-2-1-3-6-13)21-22-18(25)14-8-10-23(19(26)27)16(11-14)15-7-4-9-20-12-15/h1-7,9,12,14,16H,8,10-11H2,(H,21,24)(H,22,25)(H,26,27)/t14-,16+/m0/s1. The molecule has 1 saturated heterocycles. The highest BCUT2D eigenvalue weighted by Gasteiger charge is 2.35. The van der Waals surface area contributed by atoms with Crippen LogP contribution in [0.15, 0.2) is 54.9 Å². The summed E-state index contributed by atoms with van der Waals surface area (Å²) in [6.07, 6.45) is 2.90. The van der Waals surface area contributed by atoms with Crippen LogP contribution in [0.3, 0.4) is 0 Å². The first-order chi connectivity index (χ1) is 13.1. The average Bonchev–Trinajstić information content (AvgIpc) is 2.72. The van der Waals surface area contributed by atoms with E-state index in [0.717, 1.165) is 5.56 Å². The molecule has 1 aliphatic heterocycles. The molecule has 0 bridgehead atoms. The second-order valence-electron chi connectivity index (χ2n) is 6.31. The summed E-state index contributed by atoms with van der Waals surface area (Å²) in [6, 6.07) is 11.6. The number of carbonyl (C=O) groups excluding carboxylic acids is 2. The predicted molar refractivity (Wildman–Crippen MR) is 96.5 cm³/mol. The number of nitrogens with one attached hydrogen (secondary N) is 2. The van der Waals surface area contributed by atoms with Gasteiger partial charge in [0.25, 0.3) is 5.91 Å². The Balaban J connectivity index is 1.64. The number of hydrogen-bond donors (Lipinski definition) is 3. The Bertz CT molecular complexity index is 813. The van der Waals surface area contributed by atoms with Gasteiger partial charge in [-0.1, -0.05) is 24.3 Å². The van der Waals surface area contributed by atoms with Crippen LogP contribution < -0.4 is 10.9 Å². The number of rotatable bonds is 3. The molecule has 0 unspecified atom stereocenters. The van der Waals surface area contributed by atoms with Gasteiger partial charge >= 0.3 is 6.09 Å². The summed E-state index contributed by atoms with van der Waals surface area (Å²) >= 11 is 0. The van der Waals surface area contributed by atoms with Gasteiger partial charge in [0, 0.05) is 30.4 Å². The van der Waals surface area contributed by atoms with Gasteiger partial charge in [-0.15, -0.1) is 0 Å². The summed E-state index contributed by atoms with van der Waals surface area (Å²) in [5.41, 5.74) is 6.03. The topological polar surface area (TPSA) is 112 Å². The van der Waals surface area contributed by atoms with E-state index in [1.54, 1.807) is 54.9 Å². The van der Waals surface area contributed by atoms with Crippen LogP contribution >= 0.6 is 0 Å². The molecule has 3 amide bonds. The minimum absolute atomic E-state index is 0.236. The van der Waals surface area contributed by atoms with E-state index in [9.17, 15) is 19.5 Å². The van der Waals surface area contributed by atoms with Gasteiger partial charge in [0.15, 0.2) is 0 Å². The highest BCUT2D eigenvalue weighted by Crippen LogP contribution is 2.34. The van der Waals surface area contributed by atoms with Crippen LogP contribution in [0.5, 0.6) is 0 Å². The molecule has 27 heavy (non-hydrogen) atoms. The Morgan fingerprint density at radius 3 is 2.52 bits per heavy atom. The molecular formula is C19H20N4O4. The molecule has 0 aliphatic carbocycles. The lowest BCUT2D eigenvalue weighted by Gasteiger charge is -2.37. The van der Waals surface area contributed by atoms with Crippen molar-refractivity contribution in [2.45, 2.75) is 18.9 Å². The Kier molecular flexibility index (Phi) is 5.65. The lowest BCUT2D eigenvalue weighted by molar-refractivity contribution is -0.127. The van der Waals surface area contributed by atoms with E-state index in [1.807, 2.05) is 0 Å². The zero-order valence-electron chi connectivity index (χ0n) is 14.5. The number of carboxylic acid groups (broad SMARTS) is 1. The summed E-state index contributed by atoms with van der Waals surface area (Å²) < 4.78 is 0. The fourth-order valence-corrected chi connectivity index (χ4v) is 3.20. The Morgan fingerprint density at radius 2 is 1.85 bits per heavy atom. The molecule has 8 nitrogen and oxygen atoms in total. The number of hydrogen-bond acceptors (Lipinski definition) is 4. The third-order valence-electron chi connectivity index (χ3n) is 4.62. The number of pyridine rings is 1. The number of aromatic nitrogens is 1. The molecule has 2 atom stereocenters. The summed E-state index contributed by atoms with van der Waals surface area (Å²) in [5, 5.41) is 9.45. The van der Waals surface area contributed by atoms with Crippen molar-refractivity contribution in [2.24, 2.45) is 5.92 Å². The first kappa shape index (κ1) is 18.4. The highest BCUT2D eigenvalue weighted by atomic mass is 16.4. The van der Waals surface area contributed by atoms with Gasteiger partial charge in [-0.2, -0.15) is 0 Å². The van der Waals surface area contributed by atoms with E-state index in [-0.39, 0.29) is 12.5 Å². The summed E-state index contributed by atoms with van der Waals surface area (Å²) in [7, 11) is 0. The van der Waals surface area contributed by atoms with Crippen LogP contribution in [-0.2, 0) is 4.79 Å². The molecule has 8 heteroatoms. The van der Waals surface area contributed by atoms with E-state index >= 15 is 0 Å².